The van der Waals surface area contributed by atoms with Gasteiger partial charge in [-0.05, 0) is 17.7 Å². The highest BCUT2D eigenvalue weighted by atomic mass is 32.2. The molecule has 2 aromatic rings. The van der Waals surface area contributed by atoms with Crippen LogP contribution in [0, 0.1) is 0 Å². The highest BCUT2D eigenvalue weighted by molar-refractivity contribution is 7.98. The Kier molecular flexibility index (Phi) is 5.43. The van der Waals surface area contributed by atoms with E-state index in [0.717, 1.165) is 16.5 Å². The number of amides is 2. The van der Waals surface area contributed by atoms with E-state index in [0.29, 0.717) is 31.7 Å². The van der Waals surface area contributed by atoms with Crippen molar-refractivity contribution < 1.29 is 9.59 Å². The van der Waals surface area contributed by atoms with Gasteiger partial charge in [0, 0.05) is 63.9 Å². The maximum atomic E-state index is 12.7. The van der Waals surface area contributed by atoms with Gasteiger partial charge in [-0.2, -0.15) is 0 Å². The summed E-state index contributed by atoms with van der Waals surface area (Å²) in [6.07, 6.45) is 3.70. The van der Waals surface area contributed by atoms with Crippen molar-refractivity contribution in [1.29, 1.82) is 0 Å². The molecular formula is C18H22N4O2S. The van der Waals surface area contributed by atoms with Crippen LogP contribution in [-0.4, -0.2) is 57.3 Å². The van der Waals surface area contributed by atoms with Gasteiger partial charge >= 0.3 is 0 Å². The molecule has 1 fully saturated rings. The maximum Gasteiger partial charge on any atom is 0.253 e. The van der Waals surface area contributed by atoms with Crippen LogP contribution in [0.5, 0.6) is 0 Å². The van der Waals surface area contributed by atoms with Crippen LogP contribution in [0.1, 0.15) is 22.8 Å². The average Bonchev–Trinajstić information content (AvgIpc) is 3.04. The van der Waals surface area contributed by atoms with Gasteiger partial charge in [0.15, 0.2) is 5.16 Å². The van der Waals surface area contributed by atoms with Crippen molar-refractivity contribution >= 4 is 23.6 Å². The van der Waals surface area contributed by atoms with Gasteiger partial charge in [-0.15, -0.1) is 0 Å². The molecule has 0 radical (unpaired) electrons. The fourth-order valence-electron chi connectivity index (χ4n) is 2.84. The summed E-state index contributed by atoms with van der Waals surface area (Å²) < 4.78 is 1.98. The van der Waals surface area contributed by atoms with E-state index in [1.807, 2.05) is 47.0 Å². The number of carbonyl (C=O) groups is 2. The lowest BCUT2D eigenvalue weighted by Crippen LogP contribution is -2.50. The zero-order valence-electron chi connectivity index (χ0n) is 14.5. The Balaban J connectivity index is 1.62. The second-order valence-corrected chi connectivity index (χ2v) is 7.05. The third kappa shape index (κ3) is 4.22. The van der Waals surface area contributed by atoms with Gasteiger partial charge in [0.05, 0.1) is 0 Å². The Hall–Kier alpha value is -2.28. The van der Waals surface area contributed by atoms with Gasteiger partial charge in [0.25, 0.3) is 5.91 Å². The number of aryl methyl sites for hydroxylation is 1. The highest BCUT2D eigenvalue weighted by Gasteiger charge is 2.23. The molecule has 0 unspecified atom stereocenters. The number of thioether (sulfide) groups is 1. The fraction of sp³-hybridized carbons (Fsp3) is 0.389. The number of piperazine rings is 1. The Bertz CT molecular complexity index is 766. The molecule has 1 saturated heterocycles. The number of benzene rings is 1. The van der Waals surface area contributed by atoms with Crippen LogP contribution in [0.4, 0.5) is 0 Å². The first-order chi connectivity index (χ1) is 12.0. The van der Waals surface area contributed by atoms with E-state index in [4.69, 9.17) is 0 Å². The molecule has 25 heavy (non-hydrogen) atoms. The largest absolute Gasteiger partial charge is 0.339 e. The van der Waals surface area contributed by atoms with Crippen LogP contribution < -0.4 is 0 Å². The molecule has 132 valence electrons. The molecule has 0 aliphatic carbocycles. The van der Waals surface area contributed by atoms with Crippen molar-refractivity contribution in [2.24, 2.45) is 7.05 Å². The topological polar surface area (TPSA) is 58.4 Å². The predicted molar refractivity (Wildman–Crippen MR) is 97.4 cm³/mol. The molecule has 1 aliphatic rings. The lowest BCUT2D eigenvalue weighted by atomic mass is 10.1. The Morgan fingerprint density at radius 1 is 1.16 bits per heavy atom. The normalized spacial score (nSPS) is 14.6. The SMILES string of the molecule is CC(=O)N1CCN(C(=O)c2cccc(CSc3nccn3C)c2)CC1. The summed E-state index contributed by atoms with van der Waals surface area (Å²) in [5.74, 6) is 0.872. The van der Waals surface area contributed by atoms with Crippen LogP contribution in [0.3, 0.4) is 0 Å². The van der Waals surface area contributed by atoms with Gasteiger partial charge < -0.3 is 14.4 Å². The Morgan fingerprint density at radius 3 is 2.52 bits per heavy atom. The van der Waals surface area contributed by atoms with E-state index >= 15 is 0 Å². The number of rotatable bonds is 4. The third-order valence-corrected chi connectivity index (χ3v) is 5.46. The van der Waals surface area contributed by atoms with Gasteiger partial charge in [0.1, 0.15) is 0 Å². The molecule has 2 heterocycles. The standard InChI is InChI=1S/C18H22N4O2S/c1-14(23)21-8-10-22(11-9-21)17(24)16-5-3-4-15(12-16)13-25-18-19-6-7-20(18)2/h3-7,12H,8-11,13H2,1-2H3. The quantitative estimate of drug-likeness (QED) is 0.785. The first kappa shape index (κ1) is 17.5. The predicted octanol–water partition coefficient (Wildman–Crippen LogP) is 2.02. The molecule has 0 N–H and O–H groups in total. The minimum absolute atomic E-state index is 0.0343. The third-order valence-electron chi connectivity index (χ3n) is 4.33. The van der Waals surface area contributed by atoms with Gasteiger partial charge in [0.2, 0.25) is 5.91 Å². The van der Waals surface area contributed by atoms with Crippen molar-refractivity contribution in [1.82, 2.24) is 19.4 Å². The summed E-state index contributed by atoms with van der Waals surface area (Å²) in [6, 6.07) is 7.76. The van der Waals surface area contributed by atoms with Crippen molar-refractivity contribution in [3.05, 3.63) is 47.8 Å². The van der Waals surface area contributed by atoms with E-state index in [9.17, 15) is 9.59 Å². The average molecular weight is 358 g/mol. The number of nitrogens with zero attached hydrogens (tertiary/aromatic N) is 4. The van der Waals surface area contributed by atoms with Crippen molar-refractivity contribution in [2.45, 2.75) is 17.8 Å². The second kappa shape index (κ2) is 7.74. The van der Waals surface area contributed by atoms with E-state index < -0.39 is 0 Å². The van der Waals surface area contributed by atoms with Gasteiger partial charge in [-0.25, -0.2) is 4.98 Å². The van der Waals surface area contributed by atoms with Crippen LogP contribution in [0.15, 0.2) is 41.8 Å². The van der Waals surface area contributed by atoms with Crippen molar-refractivity contribution in [2.75, 3.05) is 26.2 Å². The summed E-state index contributed by atoms with van der Waals surface area (Å²) in [5, 5.41) is 0.956. The number of aromatic nitrogens is 2. The molecular weight excluding hydrogens is 336 g/mol. The van der Waals surface area contributed by atoms with Crippen LogP contribution in [-0.2, 0) is 17.6 Å². The van der Waals surface area contributed by atoms with E-state index in [2.05, 4.69) is 4.98 Å². The van der Waals surface area contributed by atoms with Crippen molar-refractivity contribution in [3.8, 4) is 0 Å². The van der Waals surface area contributed by atoms with E-state index in [-0.39, 0.29) is 11.8 Å². The van der Waals surface area contributed by atoms with Crippen LogP contribution in [0.25, 0.3) is 0 Å². The zero-order valence-corrected chi connectivity index (χ0v) is 15.3. The number of carbonyl (C=O) groups excluding carboxylic acids is 2. The Morgan fingerprint density at radius 2 is 1.88 bits per heavy atom. The monoisotopic (exact) mass is 358 g/mol. The summed E-state index contributed by atoms with van der Waals surface area (Å²) in [5.41, 5.74) is 1.80. The van der Waals surface area contributed by atoms with Gasteiger partial charge in [-0.3, -0.25) is 9.59 Å². The molecule has 3 rings (SSSR count). The molecule has 7 heteroatoms. The molecule has 2 amide bonds. The van der Waals surface area contributed by atoms with E-state index in [1.165, 1.54) is 0 Å². The molecule has 1 aliphatic heterocycles. The first-order valence-electron chi connectivity index (χ1n) is 8.28. The van der Waals surface area contributed by atoms with Crippen molar-refractivity contribution in [3.63, 3.8) is 0 Å². The number of hydrogen-bond donors (Lipinski definition) is 0. The molecule has 6 nitrogen and oxygen atoms in total. The zero-order chi connectivity index (χ0) is 17.8. The maximum absolute atomic E-state index is 12.7. The minimum Gasteiger partial charge on any atom is -0.339 e. The van der Waals surface area contributed by atoms with Crippen LogP contribution in [0.2, 0.25) is 0 Å². The van der Waals surface area contributed by atoms with Crippen LogP contribution >= 0.6 is 11.8 Å². The summed E-state index contributed by atoms with van der Waals surface area (Å²) in [7, 11) is 1.97. The molecule has 1 aromatic carbocycles. The molecule has 0 spiro atoms. The first-order valence-corrected chi connectivity index (χ1v) is 9.27. The fourth-order valence-corrected chi connectivity index (χ4v) is 3.72. The smallest absolute Gasteiger partial charge is 0.253 e. The Labute approximate surface area is 151 Å². The number of hydrogen-bond acceptors (Lipinski definition) is 4. The summed E-state index contributed by atoms with van der Waals surface area (Å²) >= 11 is 1.65. The molecule has 0 saturated carbocycles. The summed E-state index contributed by atoms with van der Waals surface area (Å²) in [6.45, 7) is 3.96. The molecule has 0 bridgehead atoms. The lowest BCUT2D eigenvalue weighted by Gasteiger charge is -2.34. The molecule has 1 aromatic heterocycles. The van der Waals surface area contributed by atoms with E-state index in [1.54, 1.807) is 29.8 Å². The second-order valence-electron chi connectivity index (χ2n) is 6.11. The number of imidazole rings is 1. The lowest BCUT2D eigenvalue weighted by molar-refractivity contribution is -0.130. The minimum atomic E-state index is 0.0343. The molecule has 0 atom stereocenters. The van der Waals surface area contributed by atoms with Gasteiger partial charge in [-0.1, -0.05) is 23.9 Å². The summed E-state index contributed by atoms with van der Waals surface area (Å²) in [4.78, 5) is 32.0. The highest BCUT2D eigenvalue weighted by Crippen LogP contribution is 2.21.